The molecule has 1 aliphatic carbocycles. The lowest BCUT2D eigenvalue weighted by Gasteiger charge is -2.26. The van der Waals surface area contributed by atoms with Crippen LogP contribution in [-0.4, -0.2) is 23.8 Å². The maximum absolute atomic E-state index is 13.7. The minimum absolute atomic E-state index is 0.0337. The van der Waals surface area contributed by atoms with Crippen molar-refractivity contribution in [3.63, 3.8) is 0 Å². The third kappa shape index (κ3) is 4.61. The number of nitrogens with one attached hydrogen (secondary N) is 1. The Kier molecular flexibility index (Phi) is 5.62. The number of hydrogen-bond acceptors (Lipinski definition) is 3. The third-order valence-corrected chi connectivity index (χ3v) is 5.84. The highest BCUT2D eigenvalue weighted by Crippen LogP contribution is 2.39. The molecule has 1 saturated heterocycles. The van der Waals surface area contributed by atoms with E-state index >= 15 is 0 Å². The SMILES string of the molecule is O=c1c(Cl)c(-c2ccc(NC3CCOCC3)c(C(F)(F)F)c2)ccn1CC1CC1. The second kappa shape index (κ2) is 8.03. The zero-order valence-electron chi connectivity index (χ0n) is 15.8. The van der Waals surface area contributed by atoms with Crippen molar-refractivity contribution in [1.29, 1.82) is 0 Å². The summed E-state index contributed by atoms with van der Waals surface area (Å²) in [5, 5.41) is 2.95. The maximum Gasteiger partial charge on any atom is 0.418 e. The monoisotopic (exact) mass is 426 g/mol. The molecule has 0 amide bonds. The van der Waals surface area contributed by atoms with Gasteiger partial charge >= 0.3 is 6.18 Å². The molecule has 2 aliphatic rings. The Labute approximate surface area is 171 Å². The second-order valence-electron chi connectivity index (χ2n) is 7.73. The first kappa shape index (κ1) is 20.3. The highest BCUT2D eigenvalue weighted by atomic mass is 35.5. The van der Waals surface area contributed by atoms with Crippen molar-refractivity contribution < 1.29 is 17.9 Å². The number of hydrogen-bond donors (Lipinski definition) is 1. The lowest BCUT2D eigenvalue weighted by Crippen LogP contribution is -2.29. The molecule has 1 aromatic carbocycles. The standard InChI is InChI=1S/C21H22ClF3N2O2/c22-19-16(5-8-27(20(19)28)12-13-1-2-13)14-3-4-18(17(11-14)21(23,24)25)26-15-6-9-29-10-7-15/h3-5,8,11,13,15,26H,1-2,6-7,9-10,12H2. The summed E-state index contributed by atoms with van der Waals surface area (Å²) in [6.07, 6.45) is 0.569. The quantitative estimate of drug-likeness (QED) is 0.715. The Bertz CT molecular complexity index is 948. The molecule has 29 heavy (non-hydrogen) atoms. The zero-order valence-corrected chi connectivity index (χ0v) is 16.5. The highest BCUT2D eigenvalue weighted by Gasteiger charge is 2.35. The van der Waals surface area contributed by atoms with Gasteiger partial charge in [0, 0.05) is 43.2 Å². The van der Waals surface area contributed by atoms with Crippen LogP contribution in [0.3, 0.4) is 0 Å². The van der Waals surface area contributed by atoms with Crippen LogP contribution in [0.1, 0.15) is 31.2 Å². The maximum atomic E-state index is 13.7. The van der Waals surface area contributed by atoms with E-state index in [1.807, 2.05) is 0 Å². The van der Waals surface area contributed by atoms with Gasteiger partial charge < -0.3 is 14.6 Å². The molecule has 0 atom stereocenters. The van der Waals surface area contributed by atoms with Gasteiger partial charge in [0.15, 0.2) is 0 Å². The van der Waals surface area contributed by atoms with Crippen LogP contribution in [0.4, 0.5) is 18.9 Å². The molecule has 0 spiro atoms. The van der Waals surface area contributed by atoms with E-state index < -0.39 is 11.7 Å². The van der Waals surface area contributed by atoms with Gasteiger partial charge in [-0.15, -0.1) is 0 Å². The van der Waals surface area contributed by atoms with Gasteiger partial charge in [-0.05, 0) is 55.4 Å². The van der Waals surface area contributed by atoms with Gasteiger partial charge in [-0.3, -0.25) is 4.79 Å². The molecular formula is C21H22ClF3N2O2. The van der Waals surface area contributed by atoms with E-state index in [-0.39, 0.29) is 27.9 Å². The number of ether oxygens (including phenoxy) is 1. The smallest absolute Gasteiger partial charge is 0.382 e. The fourth-order valence-electron chi connectivity index (χ4n) is 3.63. The summed E-state index contributed by atoms with van der Waals surface area (Å²) in [5.41, 5.74) is -0.512. The Morgan fingerprint density at radius 1 is 1.14 bits per heavy atom. The Morgan fingerprint density at radius 3 is 2.52 bits per heavy atom. The topological polar surface area (TPSA) is 43.3 Å². The number of pyridine rings is 1. The lowest BCUT2D eigenvalue weighted by atomic mass is 10.0. The number of aromatic nitrogens is 1. The van der Waals surface area contributed by atoms with E-state index in [0.29, 0.717) is 44.1 Å². The summed E-state index contributed by atoms with van der Waals surface area (Å²) < 4.78 is 48.0. The molecule has 156 valence electrons. The number of halogens is 4. The molecular weight excluding hydrogens is 405 g/mol. The number of benzene rings is 1. The average Bonchev–Trinajstić information content (AvgIpc) is 3.50. The van der Waals surface area contributed by atoms with Gasteiger partial charge in [0.05, 0.1) is 5.56 Å². The van der Waals surface area contributed by atoms with Crippen LogP contribution in [0.25, 0.3) is 11.1 Å². The first-order chi connectivity index (χ1) is 13.8. The van der Waals surface area contributed by atoms with Gasteiger partial charge in [-0.2, -0.15) is 13.2 Å². The fourth-order valence-corrected chi connectivity index (χ4v) is 3.91. The summed E-state index contributed by atoms with van der Waals surface area (Å²) in [5.74, 6) is 0.488. The van der Waals surface area contributed by atoms with E-state index in [4.69, 9.17) is 16.3 Å². The minimum Gasteiger partial charge on any atom is -0.382 e. The number of nitrogens with zero attached hydrogens (tertiary/aromatic N) is 1. The molecule has 0 bridgehead atoms. The van der Waals surface area contributed by atoms with Gasteiger partial charge in [-0.1, -0.05) is 17.7 Å². The molecule has 1 aliphatic heterocycles. The van der Waals surface area contributed by atoms with Crippen molar-refractivity contribution in [2.75, 3.05) is 18.5 Å². The van der Waals surface area contributed by atoms with Gasteiger partial charge in [0.1, 0.15) is 5.02 Å². The van der Waals surface area contributed by atoms with Crippen molar-refractivity contribution in [1.82, 2.24) is 4.57 Å². The molecule has 1 N–H and O–H groups in total. The summed E-state index contributed by atoms with van der Waals surface area (Å²) in [4.78, 5) is 12.5. The summed E-state index contributed by atoms with van der Waals surface area (Å²) in [7, 11) is 0. The van der Waals surface area contributed by atoms with Crippen molar-refractivity contribution in [3.8, 4) is 11.1 Å². The van der Waals surface area contributed by atoms with E-state index in [1.165, 1.54) is 10.6 Å². The summed E-state index contributed by atoms with van der Waals surface area (Å²) in [6.45, 7) is 1.66. The van der Waals surface area contributed by atoms with Crippen LogP contribution in [0.15, 0.2) is 35.3 Å². The highest BCUT2D eigenvalue weighted by molar-refractivity contribution is 6.33. The first-order valence-corrected chi connectivity index (χ1v) is 10.2. The Balaban J connectivity index is 1.67. The number of alkyl halides is 3. The average molecular weight is 427 g/mol. The normalized spacial score (nSPS) is 18.1. The second-order valence-corrected chi connectivity index (χ2v) is 8.11. The summed E-state index contributed by atoms with van der Waals surface area (Å²) in [6, 6.07) is 5.61. The van der Waals surface area contributed by atoms with E-state index in [9.17, 15) is 18.0 Å². The van der Waals surface area contributed by atoms with Crippen LogP contribution in [0.5, 0.6) is 0 Å². The van der Waals surface area contributed by atoms with Crippen LogP contribution in [-0.2, 0) is 17.5 Å². The molecule has 1 saturated carbocycles. The molecule has 2 fully saturated rings. The van der Waals surface area contributed by atoms with Crippen molar-refractivity contribution >= 4 is 17.3 Å². The Morgan fingerprint density at radius 2 is 1.86 bits per heavy atom. The molecule has 4 rings (SSSR count). The largest absolute Gasteiger partial charge is 0.418 e. The van der Waals surface area contributed by atoms with Crippen LogP contribution in [0, 0.1) is 5.92 Å². The van der Waals surface area contributed by atoms with Crippen LogP contribution < -0.4 is 10.9 Å². The van der Waals surface area contributed by atoms with Gasteiger partial charge in [0.25, 0.3) is 5.56 Å². The molecule has 2 heterocycles. The van der Waals surface area contributed by atoms with E-state index in [2.05, 4.69) is 5.32 Å². The van der Waals surface area contributed by atoms with E-state index in [0.717, 1.165) is 18.9 Å². The molecule has 8 heteroatoms. The molecule has 2 aromatic rings. The van der Waals surface area contributed by atoms with Crippen molar-refractivity contribution in [2.45, 2.75) is 44.4 Å². The van der Waals surface area contributed by atoms with Crippen molar-refractivity contribution in [2.24, 2.45) is 5.92 Å². The lowest BCUT2D eigenvalue weighted by molar-refractivity contribution is -0.136. The Hall–Kier alpha value is -1.99. The number of anilines is 1. The predicted octanol–water partition coefficient (Wildman–Crippen LogP) is 5.19. The number of rotatable bonds is 5. The molecule has 4 nitrogen and oxygen atoms in total. The minimum atomic E-state index is -4.53. The molecule has 1 aromatic heterocycles. The summed E-state index contributed by atoms with van der Waals surface area (Å²) >= 11 is 6.25. The van der Waals surface area contributed by atoms with Crippen molar-refractivity contribution in [3.05, 3.63) is 51.4 Å². The molecule has 0 unspecified atom stereocenters. The van der Waals surface area contributed by atoms with E-state index in [1.54, 1.807) is 18.3 Å². The third-order valence-electron chi connectivity index (χ3n) is 5.47. The van der Waals surface area contributed by atoms with Gasteiger partial charge in [-0.25, -0.2) is 0 Å². The zero-order chi connectivity index (χ0) is 20.6. The first-order valence-electron chi connectivity index (χ1n) is 9.78. The van der Waals surface area contributed by atoms with Crippen LogP contribution in [0.2, 0.25) is 5.02 Å². The fraction of sp³-hybridized carbons (Fsp3) is 0.476. The van der Waals surface area contributed by atoms with Crippen LogP contribution >= 0.6 is 11.6 Å². The van der Waals surface area contributed by atoms with Gasteiger partial charge in [0.2, 0.25) is 0 Å². The predicted molar refractivity (Wildman–Crippen MR) is 106 cm³/mol. The molecule has 0 radical (unpaired) electrons.